The molecule has 0 saturated heterocycles. The zero-order valence-corrected chi connectivity index (χ0v) is 14.9. The van der Waals surface area contributed by atoms with E-state index in [9.17, 15) is 15.0 Å². The molecule has 2 aromatic rings. The molecule has 2 atom stereocenters. The van der Waals surface area contributed by atoms with Crippen LogP contribution in [0.2, 0.25) is 0 Å². The van der Waals surface area contributed by atoms with Crippen LogP contribution in [0.25, 0.3) is 6.08 Å². The maximum atomic E-state index is 10.5. The number of fused-ring (bicyclic) bond motifs is 1. The molecule has 3 rings (SSSR count). The fourth-order valence-electron chi connectivity index (χ4n) is 2.90. The van der Waals surface area contributed by atoms with Gasteiger partial charge in [-0.25, -0.2) is 0 Å². The van der Waals surface area contributed by atoms with E-state index < -0.39 is 12.2 Å². The Labute approximate surface area is 156 Å². The number of phenolic OH excluding ortho intramolecular Hbond substituents is 1. The van der Waals surface area contributed by atoms with E-state index in [1.807, 2.05) is 0 Å². The van der Waals surface area contributed by atoms with E-state index >= 15 is 0 Å². The largest absolute Gasteiger partial charge is 0.502 e. The first-order chi connectivity index (χ1) is 13.1. The van der Waals surface area contributed by atoms with Crippen molar-refractivity contribution in [2.24, 2.45) is 0 Å². The van der Waals surface area contributed by atoms with Gasteiger partial charge in [0.15, 0.2) is 35.2 Å². The summed E-state index contributed by atoms with van der Waals surface area (Å²) in [5.41, 5.74) is 1.38. The van der Waals surface area contributed by atoms with Gasteiger partial charge in [0, 0.05) is 5.56 Å². The van der Waals surface area contributed by atoms with Gasteiger partial charge in [0.25, 0.3) is 0 Å². The van der Waals surface area contributed by atoms with Crippen LogP contribution in [0.1, 0.15) is 17.2 Å². The minimum Gasteiger partial charge on any atom is -0.502 e. The van der Waals surface area contributed by atoms with Gasteiger partial charge in [-0.1, -0.05) is 12.1 Å². The molecule has 7 nitrogen and oxygen atoms in total. The Balaban J connectivity index is 2.01. The normalized spacial score (nSPS) is 18.3. The molecule has 27 heavy (non-hydrogen) atoms. The Hall–Kier alpha value is -3.19. The van der Waals surface area contributed by atoms with Gasteiger partial charge in [0.2, 0.25) is 5.75 Å². The third-order valence-corrected chi connectivity index (χ3v) is 4.22. The first kappa shape index (κ1) is 18.6. The molecule has 0 fully saturated rings. The van der Waals surface area contributed by atoms with Crippen molar-refractivity contribution in [3.8, 4) is 28.7 Å². The Morgan fingerprint density at radius 2 is 1.78 bits per heavy atom. The third-order valence-electron chi connectivity index (χ3n) is 4.22. The van der Waals surface area contributed by atoms with E-state index in [1.165, 1.54) is 20.3 Å². The molecule has 0 aliphatic carbocycles. The molecule has 2 N–H and O–H groups in total. The second-order valence-electron chi connectivity index (χ2n) is 5.85. The summed E-state index contributed by atoms with van der Waals surface area (Å²) < 4.78 is 22.3. The molecule has 2 aromatic carbocycles. The average molecular weight is 372 g/mol. The number of aliphatic hydroxyl groups excluding tert-OH is 1. The summed E-state index contributed by atoms with van der Waals surface area (Å²) in [6.45, 7) is -0.275. The summed E-state index contributed by atoms with van der Waals surface area (Å²) in [5.74, 6) is 1.29. The molecule has 0 saturated carbocycles. The monoisotopic (exact) mass is 372 g/mol. The summed E-state index contributed by atoms with van der Waals surface area (Å²) in [4.78, 5) is 10.5. The van der Waals surface area contributed by atoms with Crippen molar-refractivity contribution in [1.82, 2.24) is 0 Å². The number of hydrogen-bond acceptors (Lipinski definition) is 7. The smallest absolute Gasteiger partial charge is 0.200 e. The summed E-state index contributed by atoms with van der Waals surface area (Å²) in [6, 6.07) is 8.45. The fourth-order valence-corrected chi connectivity index (χ4v) is 2.90. The van der Waals surface area contributed by atoms with Crippen LogP contribution in [0.5, 0.6) is 28.7 Å². The van der Waals surface area contributed by atoms with Gasteiger partial charge in [-0.2, -0.15) is 0 Å². The standard InChI is InChI=1S/C20H20O7/c1-24-16-9-13(10-17(25-2)19(16)23)20-18(11-22)26-14-6-5-12(4-3-7-21)8-15(14)27-20/h3-10,18,20,22-23H,11H2,1-2H3/t18-,20-/m0/s1. The highest BCUT2D eigenvalue weighted by atomic mass is 16.6. The van der Waals surface area contributed by atoms with Crippen molar-refractivity contribution in [2.45, 2.75) is 12.2 Å². The lowest BCUT2D eigenvalue weighted by Gasteiger charge is -2.33. The summed E-state index contributed by atoms with van der Waals surface area (Å²) in [5, 5.41) is 19.9. The number of rotatable bonds is 6. The topological polar surface area (TPSA) is 94.5 Å². The molecule has 1 aliphatic rings. The van der Waals surface area contributed by atoms with Crippen molar-refractivity contribution < 1.29 is 34.0 Å². The highest BCUT2D eigenvalue weighted by molar-refractivity contribution is 5.74. The van der Waals surface area contributed by atoms with Crippen LogP contribution in [0.3, 0.4) is 0 Å². The molecule has 1 heterocycles. The molecule has 7 heteroatoms. The molecule has 0 spiro atoms. The molecule has 0 radical (unpaired) electrons. The summed E-state index contributed by atoms with van der Waals surface area (Å²) in [6.07, 6.45) is 2.41. The lowest BCUT2D eigenvalue weighted by Crippen LogP contribution is -2.36. The SMILES string of the molecule is COc1cc([C@@H]2Oc3cc(C=CC=O)ccc3O[C@H]2CO)cc(OC)c1O. The van der Waals surface area contributed by atoms with Crippen molar-refractivity contribution in [3.63, 3.8) is 0 Å². The predicted molar refractivity (Wildman–Crippen MR) is 97.6 cm³/mol. The van der Waals surface area contributed by atoms with Crippen LogP contribution in [-0.4, -0.2) is 43.4 Å². The van der Waals surface area contributed by atoms with E-state index in [0.29, 0.717) is 23.3 Å². The molecular formula is C20H20O7. The van der Waals surface area contributed by atoms with Crippen molar-refractivity contribution in [2.75, 3.05) is 20.8 Å². The minimum atomic E-state index is -0.659. The van der Waals surface area contributed by atoms with E-state index in [2.05, 4.69) is 0 Å². The first-order valence-corrected chi connectivity index (χ1v) is 8.26. The van der Waals surface area contributed by atoms with Crippen LogP contribution in [-0.2, 0) is 4.79 Å². The van der Waals surface area contributed by atoms with Gasteiger partial charge >= 0.3 is 0 Å². The highest BCUT2D eigenvalue weighted by Crippen LogP contribution is 2.44. The number of carbonyl (C=O) groups excluding carboxylic acids is 1. The lowest BCUT2D eigenvalue weighted by molar-refractivity contribution is -0.104. The van der Waals surface area contributed by atoms with Crippen LogP contribution in [0.4, 0.5) is 0 Å². The van der Waals surface area contributed by atoms with Gasteiger partial charge < -0.3 is 29.2 Å². The maximum absolute atomic E-state index is 10.5. The van der Waals surface area contributed by atoms with Crippen molar-refractivity contribution >= 4 is 12.4 Å². The van der Waals surface area contributed by atoms with Gasteiger partial charge in [-0.05, 0) is 35.9 Å². The molecule has 0 amide bonds. The van der Waals surface area contributed by atoms with E-state index in [0.717, 1.165) is 5.56 Å². The van der Waals surface area contributed by atoms with Crippen LogP contribution < -0.4 is 18.9 Å². The third kappa shape index (κ3) is 3.68. The lowest BCUT2D eigenvalue weighted by atomic mass is 10.0. The number of aromatic hydroxyl groups is 1. The summed E-state index contributed by atoms with van der Waals surface area (Å²) >= 11 is 0. The van der Waals surface area contributed by atoms with Crippen molar-refractivity contribution in [1.29, 1.82) is 0 Å². The summed E-state index contributed by atoms with van der Waals surface area (Å²) in [7, 11) is 2.86. The fraction of sp³-hybridized carbons (Fsp3) is 0.250. The van der Waals surface area contributed by atoms with Crippen LogP contribution in [0, 0.1) is 0 Å². The van der Waals surface area contributed by atoms with Gasteiger partial charge in [0.1, 0.15) is 6.29 Å². The van der Waals surface area contributed by atoms with E-state index in [-0.39, 0.29) is 23.9 Å². The van der Waals surface area contributed by atoms with E-state index in [4.69, 9.17) is 18.9 Å². The Morgan fingerprint density at radius 3 is 2.37 bits per heavy atom. The van der Waals surface area contributed by atoms with E-state index in [1.54, 1.807) is 36.4 Å². The zero-order chi connectivity index (χ0) is 19.4. The number of hydrogen-bond donors (Lipinski definition) is 2. The first-order valence-electron chi connectivity index (χ1n) is 8.26. The number of benzene rings is 2. The molecule has 0 bridgehead atoms. The van der Waals surface area contributed by atoms with Gasteiger partial charge in [-0.3, -0.25) is 4.79 Å². The zero-order valence-electron chi connectivity index (χ0n) is 14.9. The average Bonchev–Trinajstić information content (AvgIpc) is 2.71. The number of carbonyl (C=O) groups is 1. The van der Waals surface area contributed by atoms with Crippen molar-refractivity contribution in [3.05, 3.63) is 47.5 Å². The Bertz CT molecular complexity index is 834. The Morgan fingerprint density at radius 1 is 1.07 bits per heavy atom. The predicted octanol–water partition coefficient (Wildman–Crippen LogP) is 2.49. The van der Waals surface area contributed by atoms with Crippen LogP contribution in [0.15, 0.2) is 36.4 Å². The van der Waals surface area contributed by atoms with Crippen LogP contribution >= 0.6 is 0 Å². The minimum absolute atomic E-state index is 0.122. The quantitative estimate of drug-likeness (QED) is 0.594. The molecule has 1 aliphatic heterocycles. The molecule has 0 unspecified atom stereocenters. The van der Waals surface area contributed by atoms with Gasteiger partial charge in [-0.15, -0.1) is 0 Å². The highest BCUT2D eigenvalue weighted by Gasteiger charge is 2.34. The number of phenols is 1. The second kappa shape index (κ2) is 8.01. The number of aliphatic hydroxyl groups is 1. The number of methoxy groups -OCH3 is 2. The van der Waals surface area contributed by atoms with Gasteiger partial charge in [0.05, 0.1) is 20.8 Å². The molecular weight excluding hydrogens is 352 g/mol. The number of ether oxygens (including phenoxy) is 4. The maximum Gasteiger partial charge on any atom is 0.200 e. The Kier molecular flexibility index (Phi) is 5.52. The molecule has 142 valence electrons. The number of allylic oxidation sites excluding steroid dienone is 1. The number of aldehydes is 1. The molecule has 0 aromatic heterocycles. The second-order valence-corrected chi connectivity index (χ2v) is 5.85.